The van der Waals surface area contributed by atoms with Crippen LogP contribution in [-0.2, 0) is 30.5 Å². The predicted octanol–water partition coefficient (Wildman–Crippen LogP) is 6.13. The van der Waals surface area contributed by atoms with Crippen LogP contribution in [0.25, 0.3) is 10.9 Å². The van der Waals surface area contributed by atoms with E-state index in [-0.39, 0.29) is 31.7 Å². The zero-order valence-electron chi connectivity index (χ0n) is 20.6. The van der Waals surface area contributed by atoms with Crippen LogP contribution in [-0.4, -0.2) is 23.3 Å². The summed E-state index contributed by atoms with van der Waals surface area (Å²) >= 11 is 0. The summed E-state index contributed by atoms with van der Waals surface area (Å²) in [6.07, 6.45) is -9.82. The molecule has 208 valence electrons. The van der Waals surface area contributed by atoms with Gasteiger partial charge in [-0.1, -0.05) is 24.3 Å². The zero-order chi connectivity index (χ0) is 29.1. The first-order valence-corrected chi connectivity index (χ1v) is 11.8. The second-order valence-corrected chi connectivity index (χ2v) is 8.77. The summed E-state index contributed by atoms with van der Waals surface area (Å²) in [5.41, 5.74) is 6.87. The van der Waals surface area contributed by atoms with Gasteiger partial charge in [0.05, 0.1) is 29.3 Å². The molecule has 0 bridgehead atoms. The van der Waals surface area contributed by atoms with Crippen molar-refractivity contribution in [3.8, 4) is 17.7 Å². The molecule has 40 heavy (non-hydrogen) atoms. The lowest BCUT2D eigenvalue weighted by Crippen LogP contribution is -2.29. The Balaban J connectivity index is 1.76. The van der Waals surface area contributed by atoms with Gasteiger partial charge in [0, 0.05) is 10.9 Å². The molecule has 4 aromatic rings. The van der Waals surface area contributed by atoms with Gasteiger partial charge in [-0.15, -0.1) is 0 Å². The van der Waals surface area contributed by atoms with Crippen molar-refractivity contribution in [2.45, 2.75) is 31.9 Å². The third kappa shape index (κ3) is 6.38. The molecule has 0 saturated carbocycles. The number of nitrogens with two attached hydrogens (primary N) is 1. The average Bonchev–Trinajstić information content (AvgIpc) is 3.18. The number of nitriles is 1. The van der Waals surface area contributed by atoms with Gasteiger partial charge in [-0.3, -0.25) is 0 Å². The molecule has 0 unspecified atom stereocenters. The molecule has 0 fully saturated rings. The Morgan fingerprint density at radius 2 is 1.68 bits per heavy atom. The van der Waals surface area contributed by atoms with Crippen molar-refractivity contribution in [2.24, 2.45) is 5.73 Å². The van der Waals surface area contributed by atoms with Crippen LogP contribution in [0.2, 0.25) is 0 Å². The number of nitrogens with zero attached hydrogens (tertiary/aromatic N) is 2. The minimum absolute atomic E-state index is 0.00198. The number of aromatic nitrogens is 1. The SMILES string of the molecule is N#Cc1cccc(COc2ccc3c(c2)c(CCN)c(OC(=O)C(F)(F)F)n3Cc2ccc(C(F)(F)F)cc2)c1. The predicted molar refractivity (Wildman–Crippen MR) is 132 cm³/mol. The number of alkyl halides is 6. The summed E-state index contributed by atoms with van der Waals surface area (Å²) in [7, 11) is 0. The van der Waals surface area contributed by atoms with Crippen LogP contribution in [0.4, 0.5) is 26.3 Å². The summed E-state index contributed by atoms with van der Waals surface area (Å²) in [5.74, 6) is -2.52. The van der Waals surface area contributed by atoms with Crippen molar-refractivity contribution < 1.29 is 40.6 Å². The molecule has 0 saturated heterocycles. The maximum Gasteiger partial charge on any atom is 0.491 e. The van der Waals surface area contributed by atoms with E-state index in [2.05, 4.69) is 0 Å². The highest BCUT2D eigenvalue weighted by atomic mass is 19.4. The van der Waals surface area contributed by atoms with Gasteiger partial charge in [0.2, 0.25) is 5.88 Å². The summed E-state index contributed by atoms with van der Waals surface area (Å²) in [6.45, 7) is -0.0989. The van der Waals surface area contributed by atoms with Crippen LogP contribution in [0.15, 0.2) is 66.7 Å². The zero-order valence-corrected chi connectivity index (χ0v) is 20.6. The van der Waals surface area contributed by atoms with Crippen molar-refractivity contribution in [3.63, 3.8) is 0 Å². The van der Waals surface area contributed by atoms with E-state index in [0.717, 1.165) is 12.1 Å². The fourth-order valence-electron chi connectivity index (χ4n) is 4.15. The molecule has 0 aliphatic carbocycles. The number of rotatable bonds is 8. The fourth-order valence-corrected chi connectivity index (χ4v) is 4.15. The number of carbonyl (C=O) groups is 1. The van der Waals surface area contributed by atoms with E-state index in [9.17, 15) is 31.1 Å². The Morgan fingerprint density at radius 1 is 0.950 bits per heavy atom. The van der Waals surface area contributed by atoms with Gasteiger partial charge in [0.15, 0.2) is 0 Å². The Morgan fingerprint density at radius 3 is 2.30 bits per heavy atom. The largest absolute Gasteiger partial charge is 0.491 e. The van der Waals surface area contributed by atoms with E-state index in [0.29, 0.717) is 33.3 Å². The smallest absolute Gasteiger partial charge is 0.489 e. The Kier molecular flexibility index (Phi) is 8.06. The van der Waals surface area contributed by atoms with Crippen molar-refractivity contribution in [1.29, 1.82) is 5.26 Å². The first-order valence-electron chi connectivity index (χ1n) is 11.8. The van der Waals surface area contributed by atoms with Crippen LogP contribution in [0.1, 0.15) is 27.8 Å². The maximum atomic E-state index is 13.1. The molecule has 2 N–H and O–H groups in total. The van der Waals surface area contributed by atoms with Gasteiger partial charge in [0.25, 0.3) is 0 Å². The van der Waals surface area contributed by atoms with E-state index < -0.39 is 29.8 Å². The van der Waals surface area contributed by atoms with Crippen LogP contribution < -0.4 is 15.2 Å². The highest BCUT2D eigenvalue weighted by Crippen LogP contribution is 2.37. The topological polar surface area (TPSA) is 90.3 Å². The molecule has 0 radical (unpaired) electrons. The van der Waals surface area contributed by atoms with Crippen molar-refractivity contribution in [3.05, 3.63) is 94.5 Å². The van der Waals surface area contributed by atoms with Gasteiger partial charge in [-0.05, 0) is 66.6 Å². The number of esters is 1. The Bertz CT molecular complexity index is 1570. The van der Waals surface area contributed by atoms with Gasteiger partial charge in [-0.25, -0.2) is 4.79 Å². The molecular formula is C28H21F6N3O3. The van der Waals surface area contributed by atoms with Crippen molar-refractivity contribution in [1.82, 2.24) is 4.57 Å². The summed E-state index contributed by atoms with van der Waals surface area (Å²) < 4.78 is 90.4. The number of carbonyl (C=O) groups excluding carboxylic acids is 1. The molecule has 6 nitrogen and oxygen atoms in total. The van der Waals surface area contributed by atoms with Gasteiger partial charge < -0.3 is 19.8 Å². The third-order valence-electron chi connectivity index (χ3n) is 5.99. The fraction of sp³-hybridized carbons (Fsp3) is 0.214. The lowest BCUT2D eigenvalue weighted by Gasteiger charge is -2.14. The number of fused-ring (bicyclic) bond motifs is 1. The summed E-state index contributed by atoms with van der Waals surface area (Å²) in [6, 6.07) is 17.5. The molecule has 3 aromatic carbocycles. The van der Waals surface area contributed by atoms with Gasteiger partial charge in [-0.2, -0.15) is 31.6 Å². The van der Waals surface area contributed by atoms with E-state index in [1.807, 2.05) is 6.07 Å². The first-order chi connectivity index (χ1) is 18.9. The standard InChI is InChI=1S/C28H21F6N3O3/c29-27(30,31)20-6-4-17(5-7-20)15-37-24-9-8-21(39-16-19-3-1-2-18(12-19)14-36)13-23(24)22(10-11-35)25(37)40-26(38)28(32,33)34/h1-9,12-13H,10-11,15-16,35H2. The maximum absolute atomic E-state index is 13.1. The molecule has 0 atom stereocenters. The normalized spacial score (nSPS) is 11.8. The minimum atomic E-state index is -5.29. The quantitative estimate of drug-likeness (QED) is 0.207. The molecule has 1 aromatic heterocycles. The molecule has 4 rings (SSSR count). The molecule has 0 aliphatic rings. The molecule has 0 spiro atoms. The molecular weight excluding hydrogens is 540 g/mol. The summed E-state index contributed by atoms with van der Waals surface area (Å²) in [5, 5.41) is 9.48. The highest BCUT2D eigenvalue weighted by Gasteiger charge is 2.42. The number of hydrogen-bond donors (Lipinski definition) is 1. The average molecular weight is 561 g/mol. The van der Waals surface area contributed by atoms with Gasteiger partial charge >= 0.3 is 18.3 Å². The van der Waals surface area contributed by atoms with Crippen LogP contribution in [0, 0.1) is 11.3 Å². The van der Waals surface area contributed by atoms with E-state index in [4.69, 9.17) is 20.5 Å². The highest BCUT2D eigenvalue weighted by molar-refractivity contribution is 5.90. The second kappa shape index (κ2) is 11.3. The third-order valence-corrected chi connectivity index (χ3v) is 5.99. The van der Waals surface area contributed by atoms with Crippen molar-refractivity contribution in [2.75, 3.05) is 6.54 Å². The molecule has 0 amide bonds. The number of halogens is 6. The summed E-state index contributed by atoms with van der Waals surface area (Å²) in [4.78, 5) is 11.8. The van der Waals surface area contributed by atoms with Crippen LogP contribution >= 0.6 is 0 Å². The number of hydrogen-bond acceptors (Lipinski definition) is 5. The molecule has 12 heteroatoms. The Hall–Kier alpha value is -4.50. The second-order valence-electron chi connectivity index (χ2n) is 8.77. The van der Waals surface area contributed by atoms with E-state index >= 15 is 0 Å². The lowest BCUT2D eigenvalue weighted by atomic mass is 10.1. The number of ether oxygens (including phenoxy) is 2. The lowest BCUT2D eigenvalue weighted by molar-refractivity contribution is -0.190. The van der Waals surface area contributed by atoms with E-state index in [1.165, 1.54) is 16.7 Å². The minimum Gasteiger partial charge on any atom is -0.489 e. The first kappa shape index (κ1) is 28.5. The molecule has 0 aliphatic heterocycles. The van der Waals surface area contributed by atoms with Gasteiger partial charge in [0.1, 0.15) is 12.4 Å². The van der Waals surface area contributed by atoms with E-state index in [1.54, 1.807) is 42.5 Å². The van der Waals surface area contributed by atoms with Crippen LogP contribution in [0.5, 0.6) is 11.6 Å². The van der Waals surface area contributed by atoms with Crippen LogP contribution in [0.3, 0.4) is 0 Å². The monoisotopic (exact) mass is 561 g/mol. The Labute approximate surface area is 224 Å². The van der Waals surface area contributed by atoms with Crippen molar-refractivity contribution >= 4 is 16.9 Å². The molecule has 1 heterocycles. The number of benzene rings is 3.